The first-order valence-corrected chi connectivity index (χ1v) is 7.35. The van der Waals surface area contributed by atoms with Crippen molar-refractivity contribution in [2.45, 2.75) is 5.88 Å². The number of hydrogen-bond acceptors (Lipinski definition) is 2. The van der Waals surface area contributed by atoms with Gasteiger partial charge in [-0.15, -0.1) is 11.6 Å². The molecule has 0 bridgehead atoms. The molecule has 0 amide bonds. The van der Waals surface area contributed by atoms with Crippen LogP contribution in [0.2, 0.25) is 5.02 Å². The number of pyridine rings is 1. The normalized spacial score (nSPS) is 11.2. The first kappa shape index (κ1) is 13.8. The topological polar surface area (TPSA) is 30.7 Å². The smallest absolute Gasteiger partial charge is 0.164 e. The van der Waals surface area contributed by atoms with Crippen LogP contribution in [-0.4, -0.2) is 14.5 Å². The fraction of sp³-hybridized carbons (Fsp3) is 0.0769. The second-order valence-electron chi connectivity index (χ2n) is 4.09. The molecule has 1 aromatic carbocycles. The largest absolute Gasteiger partial charge is 0.278 e. The van der Waals surface area contributed by atoms with Gasteiger partial charge in [-0.1, -0.05) is 11.6 Å². The van der Waals surface area contributed by atoms with Crippen LogP contribution in [0.4, 0.5) is 4.39 Å². The molecule has 0 aliphatic heterocycles. The lowest BCUT2D eigenvalue weighted by molar-refractivity contribution is 0.627. The lowest BCUT2D eigenvalue weighted by Crippen LogP contribution is -2.01. The fourth-order valence-electron chi connectivity index (χ4n) is 1.99. The Labute approximate surface area is 132 Å². The summed E-state index contributed by atoms with van der Waals surface area (Å²) in [7, 11) is 0. The third kappa shape index (κ3) is 2.30. The van der Waals surface area contributed by atoms with Crippen LogP contribution in [0.25, 0.3) is 16.9 Å². The summed E-state index contributed by atoms with van der Waals surface area (Å²) in [6.07, 6.45) is 1.66. The maximum atomic E-state index is 13.2. The van der Waals surface area contributed by atoms with Crippen LogP contribution in [0.5, 0.6) is 0 Å². The van der Waals surface area contributed by atoms with E-state index in [0.717, 1.165) is 4.47 Å². The highest BCUT2D eigenvalue weighted by atomic mass is 79.9. The molecule has 7 heteroatoms. The summed E-state index contributed by atoms with van der Waals surface area (Å²) in [6, 6.07) is 6.01. The third-order valence-electron chi connectivity index (χ3n) is 2.80. The highest BCUT2D eigenvalue weighted by Crippen LogP contribution is 2.28. The summed E-state index contributed by atoms with van der Waals surface area (Å²) in [5.74, 6) is 0.397. The van der Waals surface area contributed by atoms with Gasteiger partial charge in [0.1, 0.15) is 17.2 Å². The second kappa shape index (κ2) is 5.31. The molecule has 102 valence electrons. The van der Waals surface area contributed by atoms with Crippen molar-refractivity contribution in [2.24, 2.45) is 0 Å². The number of alkyl halides is 1. The van der Waals surface area contributed by atoms with Crippen LogP contribution >= 0.6 is 39.1 Å². The summed E-state index contributed by atoms with van der Waals surface area (Å²) < 4.78 is 15.7. The molecule has 0 atom stereocenters. The van der Waals surface area contributed by atoms with Gasteiger partial charge in [0.05, 0.1) is 16.6 Å². The minimum atomic E-state index is -0.397. The van der Waals surface area contributed by atoms with Crippen molar-refractivity contribution in [1.29, 1.82) is 0 Å². The molecule has 0 saturated carbocycles. The Morgan fingerprint density at radius 3 is 2.80 bits per heavy atom. The van der Waals surface area contributed by atoms with Gasteiger partial charge >= 0.3 is 0 Å². The molecule has 2 heterocycles. The molecule has 3 rings (SSSR count). The van der Waals surface area contributed by atoms with E-state index < -0.39 is 5.82 Å². The Bertz CT molecular complexity index is 804. The maximum Gasteiger partial charge on any atom is 0.164 e. The summed E-state index contributed by atoms with van der Waals surface area (Å²) >= 11 is 15.4. The van der Waals surface area contributed by atoms with Crippen LogP contribution in [0.3, 0.4) is 0 Å². The van der Waals surface area contributed by atoms with E-state index in [1.54, 1.807) is 16.8 Å². The minimum absolute atomic E-state index is 0.196. The number of rotatable bonds is 2. The predicted molar refractivity (Wildman–Crippen MR) is 81.1 cm³/mol. The molecule has 0 radical (unpaired) electrons. The van der Waals surface area contributed by atoms with Crippen molar-refractivity contribution < 1.29 is 4.39 Å². The zero-order valence-electron chi connectivity index (χ0n) is 9.95. The SMILES string of the molecule is Fc1ccc(-n2c(CCl)nc3cc(Br)cnc32)c(Cl)c1. The third-order valence-corrected chi connectivity index (χ3v) is 3.78. The van der Waals surface area contributed by atoms with Gasteiger partial charge < -0.3 is 0 Å². The molecule has 3 nitrogen and oxygen atoms in total. The van der Waals surface area contributed by atoms with E-state index in [1.165, 1.54) is 12.1 Å². The predicted octanol–water partition coefficient (Wildman–Crippen LogP) is 4.71. The van der Waals surface area contributed by atoms with Gasteiger partial charge in [0, 0.05) is 10.7 Å². The number of benzene rings is 1. The van der Waals surface area contributed by atoms with Gasteiger partial charge in [-0.3, -0.25) is 4.57 Å². The molecular weight excluding hydrogens is 368 g/mol. The molecule has 20 heavy (non-hydrogen) atoms. The average Bonchev–Trinajstić information content (AvgIpc) is 2.76. The van der Waals surface area contributed by atoms with E-state index >= 15 is 0 Å². The van der Waals surface area contributed by atoms with Gasteiger partial charge in [0.25, 0.3) is 0 Å². The molecule has 0 saturated heterocycles. The Morgan fingerprint density at radius 2 is 2.10 bits per heavy atom. The van der Waals surface area contributed by atoms with E-state index in [-0.39, 0.29) is 10.9 Å². The summed E-state index contributed by atoms with van der Waals surface area (Å²) in [5, 5.41) is 0.278. The molecule has 0 aliphatic carbocycles. The molecule has 0 N–H and O–H groups in total. The Kier molecular flexibility index (Phi) is 3.67. The number of hydrogen-bond donors (Lipinski definition) is 0. The molecule has 0 unspecified atom stereocenters. The Balaban J connectivity index is 2.34. The highest BCUT2D eigenvalue weighted by molar-refractivity contribution is 9.10. The Hall–Kier alpha value is -1.17. The minimum Gasteiger partial charge on any atom is -0.278 e. The number of fused-ring (bicyclic) bond motifs is 1. The summed E-state index contributed by atoms with van der Waals surface area (Å²) in [6.45, 7) is 0. The molecule has 0 fully saturated rings. The highest BCUT2D eigenvalue weighted by Gasteiger charge is 2.15. The number of halogens is 4. The van der Waals surface area contributed by atoms with Gasteiger partial charge in [0.2, 0.25) is 0 Å². The second-order valence-corrected chi connectivity index (χ2v) is 5.68. The fourth-order valence-corrected chi connectivity index (χ4v) is 2.74. The lowest BCUT2D eigenvalue weighted by atomic mass is 10.3. The lowest BCUT2D eigenvalue weighted by Gasteiger charge is -2.09. The molecule has 3 aromatic rings. The standard InChI is InChI=1S/C13H7BrCl2FN3/c14-7-3-10-13(18-6-7)20(12(5-15)19-10)11-2-1-8(17)4-9(11)16/h1-4,6H,5H2. The number of imidazole rings is 1. The zero-order chi connectivity index (χ0) is 14.3. The van der Waals surface area contributed by atoms with Crippen molar-refractivity contribution in [1.82, 2.24) is 14.5 Å². The van der Waals surface area contributed by atoms with Crippen LogP contribution in [0, 0.1) is 5.82 Å². The van der Waals surface area contributed by atoms with Crippen LogP contribution in [-0.2, 0) is 5.88 Å². The molecule has 0 spiro atoms. The molecule has 2 aromatic heterocycles. The zero-order valence-corrected chi connectivity index (χ0v) is 13.0. The van der Waals surface area contributed by atoms with Crippen molar-refractivity contribution in [3.05, 3.63) is 51.6 Å². The number of nitrogens with zero attached hydrogens (tertiary/aromatic N) is 3. The van der Waals surface area contributed by atoms with Gasteiger partial charge in [-0.25, -0.2) is 14.4 Å². The number of aromatic nitrogens is 3. The molecular formula is C13H7BrCl2FN3. The van der Waals surface area contributed by atoms with E-state index in [0.29, 0.717) is 22.7 Å². The quantitative estimate of drug-likeness (QED) is 0.608. The molecule has 0 aliphatic rings. The van der Waals surface area contributed by atoms with Gasteiger partial charge in [-0.2, -0.15) is 0 Å². The van der Waals surface area contributed by atoms with Crippen molar-refractivity contribution in [3.8, 4) is 5.69 Å². The first-order valence-electron chi connectivity index (χ1n) is 5.64. The van der Waals surface area contributed by atoms with Crippen LogP contribution < -0.4 is 0 Å². The van der Waals surface area contributed by atoms with Crippen molar-refractivity contribution in [2.75, 3.05) is 0 Å². The summed E-state index contributed by atoms with van der Waals surface area (Å²) in [5.41, 5.74) is 1.91. The van der Waals surface area contributed by atoms with E-state index in [2.05, 4.69) is 25.9 Å². The van der Waals surface area contributed by atoms with Crippen molar-refractivity contribution >= 4 is 50.3 Å². The van der Waals surface area contributed by atoms with E-state index in [4.69, 9.17) is 23.2 Å². The maximum absolute atomic E-state index is 13.2. The van der Waals surface area contributed by atoms with Gasteiger partial charge in [0.15, 0.2) is 5.65 Å². The van der Waals surface area contributed by atoms with Crippen LogP contribution in [0.15, 0.2) is 34.9 Å². The van der Waals surface area contributed by atoms with E-state index in [1.807, 2.05) is 6.07 Å². The van der Waals surface area contributed by atoms with Crippen molar-refractivity contribution in [3.63, 3.8) is 0 Å². The summed E-state index contributed by atoms with van der Waals surface area (Å²) in [4.78, 5) is 8.75. The average molecular weight is 375 g/mol. The Morgan fingerprint density at radius 1 is 1.30 bits per heavy atom. The van der Waals surface area contributed by atoms with Gasteiger partial charge in [-0.05, 0) is 40.2 Å². The first-order chi connectivity index (χ1) is 9.60. The van der Waals surface area contributed by atoms with Crippen LogP contribution in [0.1, 0.15) is 5.82 Å². The monoisotopic (exact) mass is 373 g/mol. The van der Waals surface area contributed by atoms with E-state index in [9.17, 15) is 4.39 Å².